The number of amides is 3. The Hall–Kier alpha value is -2.54. The predicted molar refractivity (Wildman–Crippen MR) is 111 cm³/mol. The molecule has 2 saturated heterocycles. The largest absolute Gasteiger partial charge is 0.504 e. The van der Waals surface area contributed by atoms with Crippen molar-refractivity contribution in [2.45, 2.75) is 45.2 Å². The van der Waals surface area contributed by atoms with Crippen molar-refractivity contribution in [3.63, 3.8) is 0 Å². The monoisotopic (exact) mass is 401 g/mol. The molecular weight excluding hydrogens is 370 g/mol. The van der Waals surface area contributed by atoms with Gasteiger partial charge in [-0.25, -0.2) is 4.79 Å². The van der Waals surface area contributed by atoms with E-state index in [4.69, 9.17) is 4.74 Å². The van der Waals surface area contributed by atoms with Crippen LogP contribution in [0, 0.1) is 5.92 Å². The molecule has 2 aliphatic rings. The molecule has 0 unspecified atom stereocenters. The molecule has 3 amide bonds. The maximum atomic E-state index is 13.1. The molecule has 0 aromatic heterocycles. The normalized spacial score (nSPS) is 23.3. The van der Waals surface area contributed by atoms with Crippen molar-refractivity contribution in [2.24, 2.45) is 5.92 Å². The Morgan fingerprint density at radius 1 is 1.34 bits per heavy atom. The van der Waals surface area contributed by atoms with Gasteiger partial charge in [0.05, 0.1) is 13.7 Å². The van der Waals surface area contributed by atoms with Gasteiger partial charge in [0.1, 0.15) is 5.54 Å². The Bertz CT molecular complexity index is 801. The van der Waals surface area contributed by atoms with Gasteiger partial charge in [0, 0.05) is 6.54 Å². The minimum absolute atomic E-state index is 0.115. The third kappa shape index (κ3) is 4.10. The third-order valence-corrected chi connectivity index (χ3v) is 6.12. The van der Waals surface area contributed by atoms with Crippen molar-refractivity contribution >= 4 is 11.9 Å². The maximum absolute atomic E-state index is 13.1. The molecule has 0 radical (unpaired) electrons. The second-order valence-electron chi connectivity index (χ2n) is 8.16. The fourth-order valence-electron chi connectivity index (χ4n) is 4.53. The van der Waals surface area contributed by atoms with Crippen molar-refractivity contribution in [1.82, 2.24) is 15.1 Å². The van der Waals surface area contributed by atoms with Crippen LogP contribution in [0.2, 0.25) is 0 Å². The molecular formula is C22H31N3O4. The van der Waals surface area contributed by atoms with E-state index < -0.39 is 5.54 Å². The Balaban J connectivity index is 1.65. The van der Waals surface area contributed by atoms with E-state index in [-0.39, 0.29) is 30.2 Å². The van der Waals surface area contributed by atoms with Crippen LogP contribution >= 0.6 is 0 Å². The van der Waals surface area contributed by atoms with Gasteiger partial charge in [0.15, 0.2) is 11.5 Å². The molecule has 0 bridgehead atoms. The maximum Gasteiger partial charge on any atom is 0.325 e. The first-order valence-electron chi connectivity index (χ1n) is 10.2. The molecule has 0 aliphatic carbocycles. The Morgan fingerprint density at radius 3 is 2.62 bits per heavy atom. The number of methoxy groups -OCH3 is 1. The molecule has 1 aromatic carbocycles. The Kier molecular flexibility index (Phi) is 6.17. The summed E-state index contributed by atoms with van der Waals surface area (Å²) in [6.45, 7) is 10.3. The number of phenols is 1. The summed E-state index contributed by atoms with van der Waals surface area (Å²) >= 11 is 0. The standard InChI is InChI=1S/C22H31N3O4/c1-5-22(20(27)25(13-15(2)3)21(28)23-22)17-8-10-24(11-9-17)14-16-6-7-18(26)19(12-16)29-4/h6-7,12,17,26H,2,5,8-11,13-14H2,1,3-4H3,(H,23,28)/t22-/m1/s1. The van der Waals surface area contributed by atoms with Gasteiger partial charge in [-0.1, -0.05) is 25.1 Å². The van der Waals surface area contributed by atoms with Crippen LogP contribution in [-0.4, -0.2) is 59.1 Å². The molecule has 2 fully saturated rings. The topological polar surface area (TPSA) is 82.1 Å². The van der Waals surface area contributed by atoms with Gasteiger partial charge in [-0.2, -0.15) is 0 Å². The van der Waals surface area contributed by atoms with Crippen molar-refractivity contribution in [1.29, 1.82) is 0 Å². The number of hydrogen-bond donors (Lipinski definition) is 2. The van der Waals surface area contributed by atoms with Crippen molar-refractivity contribution < 1.29 is 19.4 Å². The van der Waals surface area contributed by atoms with Gasteiger partial charge in [0.2, 0.25) is 0 Å². The number of nitrogens with zero attached hydrogens (tertiary/aromatic N) is 2. The fourth-order valence-corrected chi connectivity index (χ4v) is 4.53. The molecule has 158 valence electrons. The summed E-state index contributed by atoms with van der Waals surface area (Å²) in [7, 11) is 1.54. The Morgan fingerprint density at radius 2 is 2.03 bits per heavy atom. The van der Waals surface area contributed by atoms with E-state index in [0.717, 1.165) is 43.6 Å². The van der Waals surface area contributed by atoms with Gasteiger partial charge in [-0.15, -0.1) is 0 Å². The smallest absolute Gasteiger partial charge is 0.325 e. The van der Waals surface area contributed by atoms with Gasteiger partial charge >= 0.3 is 6.03 Å². The summed E-state index contributed by atoms with van der Waals surface area (Å²) in [4.78, 5) is 29.2. The number of carbonyl (C=O) groups is 2. The van der Waals surface area contributed by atoms with Crippen molar-refractivity contribution in [3.05, 3.63) is 35.9 Å². The van der Waals surface area contributed by atoms with Crippen LogP contribution in [0.25, 0.3) is 0 Å². The van der Waals surface area contributed by atoms with Crippen molar-refractivity contribution in [2.75, 3.05) is 26.7 Å². The molecule has 2 aliphatic heterocycles. The van der Waals surface area contributed by atoms with Crippen LogP contribution in [-0.2, 0) is 11.3 Å². The molecule has 0 saturated carbocycles. The number of hydrogen-bond acceptors (Lipinski definition) is 5. The molecule has 1 atom stereocenters. The minimum atomic E-state index is -0.805. The number of urea groups is 1. The number of carbonyl (C=O) groups excluding carboxylic acids is 2. The lowest BCUT2D eigenvalue weighted by Crippen LogP contribution is -2.55. The SMILES string of the molecule is C=C(C)CN1C(=O)N[C@](CC)(C2CCN(Cc3ccc(O)c(OC)c3)CC2)C1=O. The van der Waals surface area contributed by atoms with Gasteiger partial charge in [-0.3, -0.25) is 14.6 Å². The highest BCUT2D eigenvalue weighted by Gasteiger charge is 2.54. The van der Waals surface area contributed by atoms with Gasteiger partial charge in [-0.05, 0) is 62.9 Å². The molecule has 3 rings (SSSR count). The fraction of sp³-hybridized carbons (Fsp3) is 0.545. The number of ether oxygens (including phenoxy) is 1. The van der Waals surface area contributed by atoms with E-state index in [1.807, 2.05) is 26.0 Å². The highest BCUT2D eigenvalue weighted by Crippen LogP contribution is 2.37. The first kappa shape index (κ1) is 21.2. The molecule has 7 heteroatoms. The third-order valence-electron chi connectivity index (χ3n) is 6.12. The van der Waals surface area contributed by atoms with Crippen LogP contribution in [0.15, 0.2) is 30.4 Å². The lowest BCUT2D eigenvalue weighted by molar-refractivity contribution is -0.134. The zero-order valence-corrected chi connectivity index (χ0v) is 17.5. The minimum Gasteiger partial charge on any atom is -0.504 e. The summed E-state index contributed by atoms with van der Waals surface area (Å²) < 4.78 is 5.19. The summed E-state index contributed by atoms with van der Waals surface area (Å²) in [5.41, 5.74) is 1.06. The van der Waals surface area contributed by atoms with E-state index in [1.54, 1.807) is 13.2 Å². The van der Waals surface area contributed by atoms with Crippen LogP contribution in [0.4, 0.5) is 4.79 Å². The molecule has 29 heavy (non-hydrogen) atoms. The van der Waals surface area contributed by atoms with Crippen molar-refractivity contribution in [3.8, 4) is 11.5 Å². The number of aromatic hydroxyl groups is 1. The number of benzene rings is 1. The van der Waals surface area contributed by atoms with Gasteiger partial charge < -0.3 is 15.2 Å². The predicted octanol–water partition coefficient (Wildman–Crippen LogP) is 2.89. The van der Waals surface area contributed by atoms with E-state index in [9.17, 15) is 14.7 Å². The number of piperidine rings is 1. The molecule has 1 aromatic rings. The molecule has 2 heterocycles. The van der Waals surface area contributed by atoms with Crippen LogP contribution in [0.3, 0.4) is 0 Å². The zero-order valence-electron chi connectivity index (χ0n) is 17.5. The Labute approximate surface area is 172 Å². The number of rotatable bonds is 7. The highest BCUT2D eigenvalue weighted by molar-refractivity contribution is 6.07. The van der Waals surface area contributed by atoms with Crippen LogP contribution < -0.4 is 10.1 Å². The molecule has 0 spiro atoms. The highest BCUT2D eigenvalue weighted by atomic mass is 16.5. The summed E-state index contributed by atoms with van der Waals surface area (Å²) in [6, 6.07) is 5.09. The summed E-state index contributed by atoms with van der Waals surface area (Å²) in [5.74, 6) is 0.605. The lowest BCUT2D eigenvalue weighted by atomic mass is 9.75. The van der Waals surface area contributed by atoms with E-state index in [1.165, 1.54) is 4.90 Å². The van der Waals surface area contributed by atoms with E-state index >= 15 is 0 Å². The zero-order chi connectivity index (χ0) is 21.2. The van der Waals surface area contributed by atoms with Crippen LogP contribution in [0.1, 0.15) is 38.7 Å². The van der Waals surface area contributed by atoms with E-state index in [2.05, 4.69) is 16.8 Å². The van der Waals surface area contributed by atoms with Gasteiger partial charge in [0.25, 0.3) is 5.91 Å². The lowest BCUT2D eigenvalue weighted by Gasteiger charge is -2.40. The first-order chi connectivity index (χ1) is 13.8. The second kappa shape index (κ2) is 8.45. The number of imide groups is 1. The number of nitrogens with one attached hydrogen (secondary N) is 1. The quantitative estimate of drug-likeness (QED) is 0.542. The summed E-state index contributed by atoms with van der Waals surface area (Å²) in [6.07, 6.45) is 2.27. The molecule has 7 nitrogen and oxygen atoms in total. The summed E-state index contributed by atoms with van der Waals surface area (Å²) in [5, 5.41) is 12.8. The number of likely N-dealkylation sites (tertiary alicyclic amines) is 1. The molecule has 2 N–H and O–H groups in total. The second-order valence-corrected chi connectivity index (χ2v) is 8.16. The average Bonchev–Trinajstić information content (AvgIpc) is 2.94. The van der Waals surface area contributed by atoms with E-state index in [0.29, 0.717) is 12.2 Å². The van der Waals surface area contributed by atoms with Crippen LogP contribution in [0.5, 0.6) is 11.5 Å². The first-order valence-corrected chi connectivity index (χ1v) is 10.2. The number of phenolic OH excluding ortho intramolecular Hbond substituents is 1. The average molecular weight is 402 g/mol.